The summed E-state index contributed by atoms with van der Waals surface area (Å²) in [6.07, 6.45) is 7.73. The van der Waals surface area contributed by atoms with Crippen molar-refractivity contribution in [1.29, 1.82) is 0 Å². The summed E-state index contributed by atoms with van der Waals surface area (Å²) in [7, 11) is 0. The molecule has 0 saturated heterocycles. The fraction of sp³-hybridized carbons (Fsp3) is 0.636. The number of aromatic carboxylic acids is 2. The summed E-state index contributed by atoms with van der Waals surface area (Å²) >= 11 is 0. The van der Waals surface area contributed by atoms with Crippen molar-refractivity contribution in [3.05, 3.63) is 34.4 Å². The number of carboxylic acid groups (broad SMARTS) is 2. The van der Waals surface area contributed by atoms with E-state index in [1.54, 1.807) is 0 Å². The van der Waals surface area contributed by atoms with Gasteiger partial charge in [0, 0.05) is 0 Å². The maximum absolute atomic E-state index is 11.8. The van der Waals surface area contributed by atoms with Crippen LogP contribution in [0.2, 0.25) is 0 Å². The fourth-order valence-corrected chi connectivity index (χ4v) is 3.36. The van der Waals surface area contributed by atoms with Crippen molar-refractivity contribution in [2.24, 2.45) is 11.8 Å². The van der Waals surface area contributed by atoms with Crippen molar-refractivity contribution in [2.45, 2.75) is 79.1 Å². The summed E-state index contributed by atoms with van der Waals surface area (Å²) in [6.45, 7) is 8.75. The predicted octanol–water partition coefficient (Wildman–Crippen LogP) is 5.82. The maximum Gasteiger partial charge on any atom is 0.336 e. The van der Waals surface area contributed by atoms with Crippen molar-refractivity contribution >= 4 is 11.9 Å². The molecule has 0 saturated carbocycles. The van der Waals surface area contributed by atoms with Crippen molar-refractivity contribution in [1.82, 2.24) is 0 Å². The normalized spacial score (nSPS) is 11.3. The van der Waals surface area contributed by atoms with Gasteiger partial charge in [-0.1, -0.05) is 59.4 Å². The lowest BCUT2D eigenvalue weighted by Gasteiger charge is -2.16. The highest BCUT2D eigenvalue weighted by Crippen LogP contribution is 2.25. The first-order valence-electron chi connectivity index (χ1n) is 9.85. The molecule has 1 aromatic carbocycles. The second-order valence-corrected chi connectivity index (χ2v) is 8.02. The van der Waals surface area contributed by atoms with Crippen molar-refractivity contribution in [3.8, 4) is 0 Å². The molecule has 0 aromatic heterocycles. The molecule has 2 N–H and O–H groups in total. The lowest BCUT2D eigenvalue weighted by Crippen LogP contribution is -2.14. The van der Waals surface area contributed by atoms with Crippen molar-refractivity contribution in [2.75, 3.05) is 0 Å². The van der Waals surface area contributed by atoms with E-state index in [2.05, 4.69) is 27.7 Å². The predicted molar refractivity (Wildman–Crippen MR) is 105 cm³/mol. The van der Waals surface area contributed by atoms with Gasteiger partial charge >= 0.3 is 11.9 Å². The zero-order chi connectivity index (χ0) is 19.7. The second-order valence-electron chi connectivity index (χ2n) is 8.02. The highest BCUT2D eigenvalue weighted by Gasteiger charge is 2.22. The summed E-state index contributed by atoms with van der Waals surface area (Å²) in [4.78, 5) is 23.3. The second kappa shape index (κ2) is 11.0. The molecule has 26 heavy (non-hydrogen) atoms. The molecular weight excluding hydrogens is 328 g/mol. The van der Waals surface area contributed by atoms with Crippen LogP contribution in [0.5, 0.6) is 0 Å². The summed E-state index contributed by atoms with van der Waals surface area (Å²) in [6, 6.07) is 3.28. The minimum atomic E-state index is -1.17. The molecule has 0 aliphatic heterocycles. The largest absolute Gasteiger partial charge is 0.478 e. The zero-order valence-electron chi connectivity index (χ0n) is 16.7. The number of hydrogen-bond donors (Lipinski definition) is 2. The molecule has 0 fully saturated rings. The number of benzene rings is 1. The average molecular weight is 363 g/mol. The van der Waals surface area contributed by atoms with Gasteiger partial charge in [0.2, 0.25) is 0 Å². The summed E-state index contributed by atoms with van der Waals surface area (Å²) < 4.78 is 0. The maximum atomic E-state index is 11.8. The monoisotopic (exact) mass is 362 g/mol. The molecule has 0 radical (unpaired) electrons. The Kier molecular flexibility index (Phi) is 9.39. The number of unbranched alkanes of at least 4 members (excludes halogenated alkanes) is 2. The highest BCUT2D eigenvalue weighted by molar-refractivity contribution is 6.03. The van der Waals surface area contributed by atoms with Gasteiger partial charge in [0.25, 0.3) is 0 Å². The smallest absolute Gasteiger partial charge is 0.336 e. The van der Waals surface area contributed by atoms with Crippen LogP contribution in [0.3, 0.4) is 0 Å². The first-order valence-corrected chi connectivity index (χ1v) is 9.85. The molecule has 0 atom stereocenters. The molecule has 0 bridgehead atoms. The van der Waals surface area contributed by atoms with E-state index in [1.807, 2.05) is 6.07 Å². The number of rotatable bonds is 12. The van der Waals surface area contributed by atoms with E-state index in [4.69, 9.17) is 0 Å². The van der Waals surface area contributed by atoms with Crippen molar-refractivity contribution in [3.63, 3.8) is 0 Å². The van der Waals surface area contributed by atoms with Gasteiger partial charge in [0.05, 0.1) is 11.1 Å². The van der Waals surface area contributed by atoms with Crippen LogP contribution in [0.25, 0.3) is 0 Å². The standard InChI is InChI=1S/C22H34O4/c1-15(2)9-5-7-11-17-13-14-19(21(23)24)20(22(25)26)18(17)12-8-6-10-16(3)4/h13-16H,5-12H2,1-4H3,(H,23,24)(H,25,26). The molecule has 4 nitrogen and oxygen atoms in total. The van der Waals surface area contributed by atoms with Crippen LogP contribution in [-0.4, -0.2) is 22.2 Å². The molecular formula is C22H34O4. The van der Waals surface area contributed by atoms with Crippen LogP contribution in [0.4, 0.5) is 0 Å². The Morgan fingerprint density at radius 3 is 1.81 bits per heavy atom. The Hall–Kier alpha value is -1.84. The molecule has 0 aliphatic carbocycles. The Morgan fingerprint density at radius 1 is 0.808 bits per heavy atom. The molecule has 1 rings (SSSR count). The lowest BCUT2D eigenvalue weighted by atomic mass is 9.89. The summed E-state index contributed by atoms with van der Waals surface area (Å²) in [5, 5.41) is 19.0. The fourth-order valence-electron chi connectivity index (χ4n) is 3.36. The van der Waals surface area contributed by atoms with Gasteiger partial charge in [-0.05, 0) is 54.7 Å². The molecule has 0 spiro atoms. The molecule has 0 heterocycles. The first kappa shape index (κ1) is 22.2. The third-order valence-electron chi connectivity index (χ3n) is 4.79. The van der Waals surface area contributed by atoms with E-state index in [1.165, 1.54) is 6.07 Å². The summed E-state index contributed by atoms with van der Waals surface area (Å²) in [5.74, 6) is -1.02. The molecule has 146 valence electrons. The van der Waals surface area contributed by atoms with Crippen LogP contribution in [0.1, 0.15) is 98.1 Å². The Balaban J connectivity index is 3.03. The van der Waals surface area contributed by atoms with Crippen molar-refractivity contribution < 1.29 is 19.8 Å². The van der Waals surface area contributed by atoms with Gasteiger partial charge in [-0.15, -0.1) is 0 Å². The number of aryl methyl sites for hydroxylation is 1. The van der Waals surface area contributed by atoms with E-state index in [9.17, 15) is 19.8 Å². The van der Waals surface area contributed by atoms with Crippen LogP contribution in [-0.2, 0) is 12.8 Å². The zero-order valence-corrected chi connectivity index (χ0v) is 16.7. The van der Waals surface area contributed by atoms with Gasteiger partial charge in [-0.25, -0.2) is 9.59 Å². The Labute approximate surface area is 157 Å². The molecule has 0 unspecified atom stereocenters. The highest BCUT2D eigenvalue weighted by atomic mass is 16.4. The van der Waals surface area contributed by atoms with Crippen LogP contribution in [0, 0.1) is 11.8 Å². The quantitative estimate of drug-likeness (QED) is 0.459. The molecule has 0 aliphatic rings. The summed E-state index contributed by atoms with van der Waals surface area (Å²) in [5.41, 5.74) is 1.62. The third kappa shape index (κ3) is 7.19. The van der Waals surface area contributed by atoms with Gasteiger partial charge in [0.15, 0.2) is 0 Å². The van der Waals surface area contributed by atoms with Crippen LogP contribution < -0.4 is 0 Å². The number of carboxylic acids is 2. The molecule has 4 heteroatoms. The van der Waals surface area contributed by atoms with Crippen LogP contribution >= 0.6 is 0 Å². The first-order chi connectivity index (χ1) is 12.2. The number of carbonyl (C=O) groups is 2. The van der Waals surface area contributed by atoms with E-state index < -0.39 is 11.9 Å². The van der Waals surface area contributed by atoms with E-state index >= 15 is 0 Å². The topological polar surface area (TPSA) is 74.6 Å². The SMILES string of the molecule is CC(C)CCCCc1ccc(C(=O)O)c(C(=O)O)c1CCCCC(C)C. The van der Waals surface area contributed by atoms with Crippen LogP contribution in [0.15, 0.2) is 12.1 Å². The van der Waals surface area contributed by atoms with Gasteiger partial charge in [-0.3, -0.25) is 0 Å². The third-order valence-corrected chi connectivity index (χ3v) is 4.79. The molecule has 0 amide bonds. The van der Waals surface area contributed by atoms with E-state index in [0.717, 1.165) is 56.1 Å². The minimum Gasteiger partial charge on any atom is -0.478 e. The average Bonchev–Trinajstić information content (AvgIpc) is 2.54. The molecule has 1 aromatic rings. The Bertz CT molecular complexity index is 602. The van der Waals surface area contributed by atoms with E-state index in [0.29, 0.717) is 18.3 Å². The van der Waals surface area contributed by atoms with Gasteiger partial charge < -0.3 is 10.2 Å². The Morgan fingerprint density at radius 2 is 1.35 bits per heavy atom. The lowest BCUT2D eigenvalue weighted by molar-refractivity contribution is 0.0650. The minimum absolute atomic E-state index is 0.0107. The van der Waals surface area contributed by atoms with Gasteiger partial charge in [0.1, 0.15) is 0 Å². The van der Waals surface area contributed by atoms with E-state index in [-0.39, 0.29) is 11.1 Å². The van der Waals surface area contributed by atoms with Gasteiger partial charge in [-0.2, -0.15) is 0 Å². The number of hydrogen-bond acceptors (Lipinski definition) is 2.